The molecule has 1 aliphatic carbocycles. The van der Waals surface area contributed by atoms with Crippen LogP contribution in [-0.2, 0) is 20.8 Å². The van der Waals surface area contributed by atoms with Gasteiger partial charge in [-0.2, -0.15) is 5.26 Å². The smallest absolute Gasteiger partial charge is 0.251 e. The fourth-order valence-electron chi connectivity index (χ4n) is 9.97. The van der Waals surface area contributed by atoms with E-state index in [1.54, 1.807) is 18.2 Å². The number of β-amino-alcohol motifs (C(OH)–C–C–N with tert-alkyl or cyclic N) is 1. The molecular formula is C52H65ClN6O6. The van der Waals surface area contributed by atoms with Crippen LogP contribution in [-0.4, -0.2) is 76.7 Å². The van der Waals surface area contributed by atoms with Gasteiger partial charge in [-0.05, 0) is 85.1 Å². The van der Waals surface area contributed by atoms with Crippen molar-refractivity contribution in [1.82, 2.24) is 20.9 Å². The summed E-state index contributed by atoms with van der Waals surface area (Å²) in [6, 6.07) is 20.5. The van der Waals surface area contributed by atoms with Gasteiger partial charge in [-0.3, -0.25) is 24.2 Å². The summed E-state index contributed by atoms with van der Waals surface area (Å²) in [6.45, 7) is 17.8. The number of rotatable bonds is 16. The van der Waals surface area contributed by atoms with Crippen LogP contribution < -0.4 is 20.7 Å². The predicted octanol–water partition coefficient (Wildman–Crippen LogP) is 8.50. The van der Waals surface area contributed by atoms with Crippen LogP contribution in [0.4, 0.5) is 0 Å². The molecule has 12 nitrogen and oxygen atoms in total. The Balaban J connectivity index is 0.945. The van der Waals surface area contributed by atoms with Crippen LogP contribution in [0.25, 0.3) is 5.57 Å². The molecule has 3 aromatic rings. The van der Waals surface area contributed by atoms with Crippen molar-refractivity contribution in [3.63, 3.8) is 0 Å². The van der Waals surface area contributed by atoms with Crippen molar-refractivity contribution in [2.24, 2.45) is 21.2 Å². The Morgan fingerprint density at radius 2 is 1.65 bits per heavy atom. The van der Waals surface area contributed by atoms with E-state index in [4.69, 9.17) is 16.3 Å². The predicted molar refractivity (Wildman–Crippen MR) is 254 cm³/mol. The second-order valence-corrected chi connectivity index (χ2v) is 20.7. The first-order valence-corrected chi connectivity index (χ1v) is 23.2. The number of halogens is 1. The van der Waals surface area contributed by atoms with E-state index in [0.717, 1.165) is 48.1 Å². The summed E-state index contributed by atoms with van der Waals surface area (Å²) in [5, 5.41) is 29.5. The minimum Gasteiger partial charge on any atom is -0.489 e. The van der Waals surface area contributed by atoms with Gasteiger partial charge in [-0.1, -0.05) is 103 Å². The third-order valence-corrected chi connectivity index (χ3v) is 13.7. The van der Waals surface area contributed by atoms with Gasteiger partial charge in [0.2, 0.25) is 17.7 Å². The van der Waals surface area contributed by atoms with Crippen LogP contribution in [0.3, 0.4) is 0 Å². The Labute approximate surface area is 389 Å². The number of carbonyl (C=O) groups excluding carboxylic acids is 4. The highest BCUT2D eigenvalue weighted by Gasteiger charge is 2.64. The summed E-state index contributed by atoms with van der Waals surface area (Å²) < 4.78 is 6.36. The molecule has 4 atom stereocenters. The molecule has 2 heterocycles. The molecule has 3 aromatic carbocycles. The minimum atomic E-state index is -0.890. The van der Waals surface area contributed by atoms with Crippen molar-refractivity contribution in [3.8, 4) is 11.8 Å². The Bertz CT molecular complexity index is 2340. The molecule has 346 valence electrons. The van der Waals surface area contributed by atoms with Gasteiger partial charge in [0.25, 0.3) is 5.91 Å². The molecule has 65 heavy (non-hydrogen) atoms. The number of unbranched alkanes of at least 4 members (excludes halogenated alkanes) is 2. The van der Waals surface area contributed by atoms with E-state index in [2.05, 4.69) is 54.7 Å². The number of aryl methyl sites for hydroxylation is 1. The lowest BCUT2D eigenvalue weighted by Gasteiger charge is -2.63. The first-order valence-electron chi connectivity index (χ1n) is 22.8. The molecule has 13 heteroatoms. The van der Waals surface area contributed by atoms with Crippen LogP contribution in [0.5, 0.6) is 5.75 Å². The Morgan fingerprint density at radius 3 is 2.25 bits per heavy atom. The summed E-state index contributed by atoms with van der Waals surface area (Å²) in [6.07, 6.45) is 5.04. The molecular weight excluding hydrogens is 840 g/mol. The quantitative estimate of drug-likeness (QED) is 0.104. The van der Waals surface area contributed by atoms with Crippen molar-refractivity contribution in [1.29, 1.82) is 5.26 Å². The zero-order valence-corrected chi connectivity index (χ0v) is 40.0. The second kappa shape index (κ2) is 19.9. The van der Waals surface area contributed by atoms with Crippen molar-refractivity contribution in [3.05, 3.63) is 105 Å². The van der Waals surface area contributed by atoms with E-state index in [0.29, 0.717) is 28.3 Å². The number of nitrogens with one attached hydrogen (secondary N) is 3. The number of aliphatic hydroxyl groups is 1. The number of nitrogens with zero attached hydrogens (tertiary/aromatic N) is 3. The van der Waals surface area contributed by atoms with Crippen molar-refractivity contribution < 1.29 is 29.0 Å². The largest absolute Gasteiger partial charge is 0.489 e. The molecule has 4 amide bonds. The number of aliphatic imine (C=N–C) groups is 1. The van der Waals surface area contributed by atoms with Crippen LogP contribution in [0.1, 0.15) is 139 Å². The van der Waals surface area contributed by atoms with Gasteiger partial charge in [0.1, 0.15) is 30.0 Å². The van der Waals surface area contributed by atoms with Gasteiger partial charge < -0.3 is 30.7 Å². The van der Waals surface area contributed by atoms with E-state index < -0.39 is 23.6 Å². The Morgan fingerprint density at radius 1 is 0.969 bits per heavy atom. The third-order valence-electron chi connectivity index (χ3n) is 13.4. The SMILES string of the molecule is CC1=C(c2ccc([C@H](C)NC(=O)[C@@H]3C[C@@H](O)CN3C(=O)C(NC(=O)CCCCCc3ccc(C(=O)NC4C(C)(C)C(Oc5ccc(C#N)c(Cl)c5)C4(C)C)cc3)C(C)(C)C)cc2)CC=N1. The van der Waals surface area contributed by atoms with Crippen LogP contribution in [0, 0.1) is 27.6 Å². The number of benzene rings is 3. The number of amides is 4. The number of aliphatic hydroxyl groups excluding tert-OH is 1. The highest BCUT2D eigenvalue weighted by molar-refractivity contribution is 6.31. The summed E-state index contributed by atoms with van der Waals surface area (Å²) in [5.41, 5.74) is 4.82. The van der Waals surface area contributed by atoms with E-state index >= 15 is 0 Å². The highest BCUT2D eigenvalue weighted by atomic mass is 35.5. The summed E-state index contributed by atoms with van der Waals surface area (Å²) in [4.78, 5) is 60.3. The maximum Gasteiger partial charge on any atom is 0.251 e. The van der Waals surface area contributed by atoms with Gasteiger partial charge in [0, 0.05) is 66.2 Å². The monoisotopic (exact) mass is 904 g/mol. The average molecular weight is 906 g/mol. The lowest BCUT2D eigenvalue weighted by molar-refractivity contribution is -0.164. The maximum absolute atomic E-state index is 14.1. The molecule has 0 bridgehead atoms. The van der Waals surface area contributed by atoms with Gasteiger partial charge >= 0.3 is 0 Å². The number of hydrogen-bond donors (Lipinski definition) is 4. The number of allylic oxidation sites excluding steroid dienone is 2. The van der Waals surface area contributed by atoms with Crippen LogP contribution >= 0.6 is 11.6 Å². The molecule has 3 aliphatic rings. The number of carbonyl (C=O) groups is 4. The van der Waals surface area contributed by atoms with Gasteiger partial charge in [0.05, 0.1) is 22.7 Å². The van der Waals surface area contributed by atoms with Crippen molar-refractivity contribution >= 4 is 47.0 Å². The molecule has 2 fully saturated rings. The third kappa shape index (κ3) is 11.1. The van der Waals surface area contributed by atoms with E-state index in [1.165, 1.54) is 10.5 Å². The molecule has 0 aromatic heterocycles. The maximum atomic E-state index is 14.1. The summed E-state index contributed by atoms with van der Waals surface area (Å²) >= 11 is 6.25. The molecule has 1 saturated heterocycles. The molecule has 2 aliphatic heterocycles. The summed E-state index contributed by atoms with van der Waals surface area (Å²) in [5.74, 6) is -0.551. The van der Waals surface area contributed by atoms with E-state index in [9.17, 15) is 29.5 Å². The van der Waals surface area contributed by atoms with E-state index in [1.807, 2.05) is 89.4 Å². The van der Waals surface area contributed by atoms with Crippen molar-refractivity contribution in [2.45, 2.75) is 144 Å². The van der Waals surface area contributed by atoms with Crippen LogP contribution in [0.15, 0.2) is 77.4 Å². The number of hydrogen-bond acceptors (Lipinski definition) is 8. The molecule has 1 unspecified atom stereocenters. The van der Waals surface area contributed by atoms with Gasteiger partial charge in [0.15, 0.2) is 0 Å². The zero-order chi connectivity index (χ0) is 47.4. The van der Waals surface area contributed by atoms with Gasteiger partial charge in [-0.15, -0.1) is 0 Å². The fraction of sp³-hybridized carbons (Fsp3) is 0.500. The van der Waals surface area contributed by atoms with Crippen molar-refractivity contribution in [2.75, 3.05) is 6.54 Å². The Hall–Kier alpha value is -5.51. The first-order chi connectivity index (χ1) is 30.6. The molecule has 0 spiro atoms. The Kier molecular flexibility index (Phi) is 15.0. The molecule has 6 rings (SSSR count). The van der Waals surface area contributed by atoms with E-state index in [-0.39, 0.29) is 72.0 Å². The lowest BCUT2D eigenvalue weighted by Crippen LogP contribution is -2.74. The average Bonchev–Trinajstić information content (AvgIpc) is 3.88. The second-order valence-electron chi connectivity index (χ2n) is 20.3. The fourth-order valence-corrected chi connectivity index (χ4v) is 10.2. The number of likely N-dealkylation sites (tertiary alicyclic amines) is 1. The van der Waals surface area contributed by atoms with Gasteiger partial charge in [-0.25, -0.2) is 0 Å². The molecule has 4 N–H and O–H groups in total. The lowest BCUT2D eigenvalue weighted by atomic mass is 9.49. The standard InChI is InChI=1S/C52H65ClN6O6/c1-31(34-19-21-35(22-20-34)40-25-26-55-32(40)2)56-46(63)42-27-38(60)30-59(42)47(64)44(50(3,4)5)57-43(61)14-12-10-11-13-33-15-17-36(18-16-33)45(62)58-48-51(6,7)49(52(48,8)9)65-39-24-23-37(29-54)41(53)28-39/h15-24,26,28,31,38,42,44,48-49,60H,10-14,25,27,30H2,1-9H3,(H,56,63)(H,57,61)(H,58,62)/t31-,38+,42-,44?,48?,49?/m0/s1. The molecule has 0 radical (unpaired) electrons. The normalized spacial score (nSPS) is 21.8. The zero-order valence-electron chi connectivity index (χ0n) is 39.3. The first kappa shape index (κ1) is 48.9. The topological polar surface area (TPSA) is 173 Å². The summed E-state index contributed by atoms with van der Waals surface area (Å²) in [7, 11) is 0. The minimum absolute atomic E-state index is 0.00967. The molecule has 1 saturated carbocycles. The number of nitriles is 1. The van der Waals surface area contributed by atoms with Crippen LogP contribution in [0.2, 0.25) is 5.02 Å². The highest BCUT2D eigenvalue weighted by Crippen LogP contribution is 2.55. The number of ether oxygens (including phenoxy) is 1.